The molecular weight excluding hydrogens is 504 g/mol. The number of fused-ring (bicyclic) bond motifs is 1. The maximum absolute atomic E-state index is 13.1. The number of benzene rings is 2. The number of ether oxygens (including phenoxy) is 4. The third-order valence-corrected chi connectivity index (χ3v) is 5.56. The first-order valence-corrected chi connectivity index (χ1v) is 12.6. The molecule has 0 unspecified atom stereocenters. The third-order valence-electron chi connectivity index (χ3n) is 5.56. The summed E-state index contributed by atoms with van der Waals surface area (Å²) in [5, 5.41) is 9.11. The van der Waals surface area contributed by atoms with Crippen molar-refractivity contribution in [3.05, 3.63) is 58.7 Å². The fourth-order valence-electron chi connectivity index (χ4n) is 3.63. The molecular formula is C29H32N2O8. The molecule has 206 valence electrons. The van der Waals surface area contributed by atoms with Crippen molar-refractivity contribution in [1.29, 1.82) is 5.26 Å². The second kappa shape index (κ2) is 13.4. The van der Waals surface area contributed by atoms with E-state index in [1.54, 1.807) is 18.2 Å². The van der Waals surface area contributed by atoms with Gasteiger partial charge in [-0.3, -0.25) is 9.59 Å². The Kier molecular flexibility index (Phi) is 10.0. The Morgan fingerprint density at radius 3 is 2.10 bits per heavy atom. The lowest BCUT2D eigenvalue weighted by molar-refractivity contribution is -0.148. The van der Waals surface area contributed by atoms with Crippen LogP contribution in [0.4, 0.5) is 0 Å². The van der Waals surface area contributed by atoms with Gasteiger partial charge in [-0.25, -0.2) is 9.59 Å². The second-order valence-corrected chi connectivity index (χ2v) is 9.96. The van der Waals surface area contributed by atoms with Crippen LogP contribution in [0.1, 0.15) is 59.5 Å². The van der Waals surface area contributed by atoms with E-state index in [-0.39, 0.29) is 73.5 Å². The first kappa shape index (κ1) is 29.2. The van der Waals surface area contributed by atoms with Gasteiger partial charge in [0.25, 0.3) is 5.91 Å². The smallest absolute Gasteiger partial charge is 0.344 e. The first-order chi connectivity index (χ1) is 18.6. The number of hydrogen-bond donors (Lipinski definition) is 0. The highest BCUT2D eigenvalue weighted by Gasteiger charge is 2.29. The molecule has 2 aromatic rings. The summed E-state index contributed by atoms with van der Waals surface area (Å²) in [5.74, 6) is -1.32. The molecule has 0 radical (unpaired) electrons. The third kappa shape index (κ3) is 8.30. The number of ketones is 1. The standard InChI is InChI=1S/C29H32N2O8/c1-18(2)14-38-27(33)16-36-25-8-6-21(10-26(25)37-17-28(34)39-15-19(3)4)24(32)13-31-12-22-9-20(11-30)5-7-23(22)29(31)35/h5-10,18-19H,12-17H2,1-4H3. The van der Waals surface area contributed by atoms with Gasteiger partial charge in [-0.05, 0) is 53.8 Å². The summed E-state index contributed by atoms with van der Waals surface area (Å²) in [4.78, 5) is 51.4. The Labute approximate surface area is 227 Å². The van der Waals surface area contributed by atoms with E-state index in [4.69, 9.17) is 24.2 Å². The minimum Gasteiger partial charge on any atom is -0.478 e. The summed E-state index contributed by atoms with van der Waals surface area (Å²) in [7, 11) is 0. The number of amides is 1. The normalized spacial score (nSPS) is 12.2. The quantitative estimate of drug-likeness (QED) is 0.278. The van der Waals surface area contributed by atoms with Gasteiger partial charge >= 0.3 is 11.9 Å². The van der Waals surface area contributed by atoms with Crippen molar-refractivity contribution in [3.8, 4) is 17.6 Å². The summed E-state index contributed by atoms with van der Waals surface area (Å²) in [6, 6.07) is 11.2. The van der Waals surface area contributed by atoms with Crippen LogP contribution in [0.15, 0.2) is 36.4 Å². The lowest BCUT2D eigenvalue weighted by Crippen LogP contribution is -2.30. The van der Waals surface area contributed by atoms with Crippen LogP contribution in [-0.2, 0) is 25.6 Å². The van der Waals surface area contributed by atoms with Crippen LogP contribution in [0.2, 0.25) is 0 Å². The lowest BCUT2D eigenvalue weighted by Gasteiger charge is -2.17. The zero-order valence-corrected chi connectivity index (χ0v) is 22.5. The highest BCUT2D eigenvalue weighted by molar-refractivity contribution is 6.04. The average Bonchev–Trinajstić information content (AvgIpc) is 3.22. The Balaban J connectivity index is 1.72. The molecule has 3 rings (SSSR count). The molecule has 1 aliphatic rings. The molecule has 10 nitrogen and oxygen atoms in total. The number of hydrogen-bond acceptors (Lipinski definition) is 9. The average molecular weight is 537 g/mol. The summed E-state index contributed by atoms with van der Waals surface area (Å²) in [6.07, 6.45) is 0. The zero-order valence-electron chi connectivity index (χ0n) is 22.5. The number of rotatable bonds is 13. The molecule has 0 aromatic heterocycles. The number of esters is 2. The fraction of sp³-hybridized carbons (Fsp3) is 0.414. The number of nitrogens with zero attached hydrogens (tertiary/aromatic N) is 2. The van der Waals surface area contributed by atoms with Gasteiger partial charge in [-0.2, -0.15) is 5.26 Å². The number of nitriles is 1. The summed E-state index contributed by atoms with van der Waals surface area (Å²) in [5.41, 5.74) is 1.80. The predicted molar refractivity (Wildman–Crippen MR) is 139 cm³/mol. The van der Waals surface area contributed by atoms with Crippen molar-refractivity contribution in [2.45, 2.75) is 34.2 Å². The van der Waals surface area contributed by atoms with Crippen molar-refractivity contribution in [2.24, 2.45) is 11.8 Å². The van der Waals surface area contributed by atoms with Crippen LogP contribution in [0, 0.1) is 23.2 Å². The van der Waals surface area contributed by atoms with E-state index in [1.807, 2.05) is 33.8 Å². The Morgan fingerprint density at radius 1 is 0.897 bits per heavy atom. The van der Waals surface area contributed by atoms with Crippen LogP contribution < -0.4 is 9.47 Å². The van der Waals surface area contributed by atoms with Crippen LogP contribution in [0.5, 0.6) is 11.5 Å². The Hall–Kier alpha value is -4.39. The monoisotopic (exact) mass is 536 g/mol. The highest BCUT2D eigenvalue weighted by atomic mass is 16.6. The van der Waals surface area contributed by atoms with Crippen molar-refractivity contribution in [2.75, 3.05) is 33.0 Å². The van der Waals surface area contributed by atoms with E-state index >= 15 is 0 Å². The van der Waals surface area contributed by atoms with E-state index in [1.165, 1.54) is 23.1 Å². The van der Waals surface area contributed by atoms with Gasteiger partial charge in [0.05, 0.1) is 31.4 Å². The van der Waals surface area contributed by atoms with Gasteiger partial charge in [0.2, 0.25) is 0 Å². The van der Waals surface area contributed by atoms with Gasteiger partial charge in [0.15, 0.2) is 30.5 Å². The SMILES string of the molecule is CC(C)COC(=O)COc1ccc(C(=O)CN2Cc3cc(C#N)ccc3C2=O)cc1OCC(=O)OCC(C)C. The van der Waals surface area contributed by atoms with Crippen molar-refractivity contribution < 1.29 is 38.1 Å². The van der Waals surface area contributed by atoms with E-state index in [9.17, 15) is 19.2 Å². The van der Waals surface area contributed by atoms with Crippen LogP contribution >= 0.6 is 0 Å². The molecule has 39 heavy (non-hydrogen) atoms. The highest BCUT2D eigenvalue weighted by Crippen LogP contribution is 2.30. The summed E-state index contributed by atoms with van der Waals surface area (Å²) >= 11 is 0. The van der Waals surface area contributed by atoms with Crippen LogP contribution in [0.3, 0.4) is 0 Å². The van der Waals surface area contributed by atoms with E-state index in [0.29, 0.717) is 16.7 Å². The van der Waals surface area contributed by atoms with Gasteiger partial charge in [-0.15, -0.1) is 0 Å². The molecule has 10 heteroatoms. The molecule has 0 saturated carbocycles. The predicted octanol–water partition coefficient (Wildman–Crippen LogP) is 3.55. The molecule has 1 aliphatic heterocycles. The Bertz CT molecular complexity index is 1280. The van der Waals surface area contributed by atoms with Gasteiger partial charge in [-0.1, -0.05) is 27.7 Å². The van der Waals surface area contributed by atoms with E-state index in [0.717, 1.165) is 0 Å². The second-order valence-electron chi connectivity index (χ2n) is 9.96. The number of Topliss-reactive ketones (excluding diaryl/α,β-unsaturated/α-hetero) is 1. The number of carbonyl (C=O) groups is 4. The fourth-order valence-corrected chi connectivity index (χ4v) is 3.63. The maximum Gasteiger partial charge on any atom is 0.344 e. The van der Waals surface area contributed by atoms with Crippen molar-refractivity contribution in [1.82, 2.24) is 4.90 Å². The molecule has 0 fully saturated rings. The minimum atomic E-state index is -0.597. The number of carbonyl (C=O) groups excluding carboxylic acids is 4. The molecule has 0 bridgehead atoms. The largest absolute Gasteiger partial charge is 0.478 e. The molecule has 0 spiro atoms. The van der Waals surface area contributed by atoms with Crippen LogP contribution in [0.25, 0.3) is 0 Å². The first-order valence-electron chi connectivity index (χ1n) is 12.6. The van der Waals surface area contributed by atoms with Gasteiger partial charge in [0.1, 0.15) is 0 Å². The zero-order chi connectivity index (χ0) is 28.5. The topological polar surface area (TPSA) is 132 Å². The molecule has 2 aromatic carbocycles. The molecule has 0 aliphatic carbocycles. The molecule has 0 saturated heterocycles. The molecule has 1 heterocycles. The Morgan fingerprint density at radius 2 is 1.51 bits per heavy atom. The molecule has 1 amide bonds. The van der Waals surface area contributed by atoms with Crippen molar-refractivity contribution in [3.63, 3.8) is 0 Å². The summed E-state index contributed by atoms with van der Waals surface area (Å²) in [6.45, 7) is 7.29. The van der Waals surface area contributed by atoms with Crippen molar-refractivity contribution >= 4 is 23.6 Å². The van der Waals surface area contributed by atoms with E-state index < -0.39 is 18.5 Å². The minimum absolute atomic E-state index is 0.0636. The van der Waals surface area contributed by atoms with Crippen LogP contribution in [-0.4, -0.2) is 61.5 Å². The maximum atomic E-state index is 13.1. The van der Waals surface area contributed by atoms with Gasteiger partial charge < -0.3 is 23.8 Å². The van der Waals surface area contributed by atoms with Gasteiger partial charge in [0, 0.05) is 17.7 Å². The molecule has 0 N–H and O–H groups in total. The molecule has 0 atom stereocenters. The van der Waals surface area contributed by atoms with E-state index in [2.05, 4.69) is 0 Å². The summed E-state index contributed by atoms with van der Waals surface area (Å²) < 4.78 is 21.4. The lowest BCUT2D eigenvalue weighted by atomic mass is 10.1.